The lowest BCUT2D eigenvalue weighted by Gasteiger charge is -2.28. The van der Waals surface area contributed by atoms with Gasteiger partial charge in [-0.05, 0) is 40.2 Å². The normalized spacial score (nSPS) is 18.8. The molecular weight excluding hydrogens is 318 g/mol. The quantitative estimate of drug-likeness (QED) is 0.343. The van der Waals surface area contributed by atoms with Crippen molar-refractivity contribution in [2.75, 3.05) is 0 Å². The third-order valence-electron chi connectivity index (χ3n) is 3.23. The lowest BCUT2D eigenvalue weighted by atomic mass is 9.96. The number of halogens is 1. The fourth-order valence-corrected chi connectivity index (χ4v) is 3.70. The van der Waals surface area contributed by atoms with E-state index >= 15 is 0 Å². The van der Waals surface area contributed by atoms with Gasteiger partial charge in [-0.2, -0.15) is 0 Å². The number of thiophene rings is 1. The predicted molar refractivity (Wildman–Crippen MR) is 74.1 cm³/mol. The highest BCUT2D eigenvalue weighted by atomic mass is 79.9. The van der Waals surface area contributed by atoms with Gasteiger partial charge in [0.1, 0.15) is 10.4 Å². The second-order valence-electron chi connectivity index (χ2n) is 4.33. The van der Waals surface area contributed by atoms with Crippen molar-refractivity contribution in [3.63, 3.8) is 0 Å². The molecule has 18 heavy (non-hydrogen) atoms. The Balaban J connectivity index is 2.21. The summed E-state index contributed by atoms with van der Waals surface area (Å²) in [6.45, 7) is 0. The highest BCUT2D eigenvalue weighted by Crippen LogP contribution is 2.31. The minimum atomic E-state index is -0.699. The average Bonchev–Trinajstić information content (AvgIpc) is 2.97. The molecule has 1 saturated carbocycles. The Morgan fingerprint density at radius 2 is 2.22 bits per heavy atom. The minimum Gasteiger partial charge on any atom is -0.409 e. The number of carbonyl (C=O) groups excluding carboxylic acids is 1. The first-order valence-corrected chi connectivity index (χ1v) is 7.30. The molecule has 0 bridgehead atoms. The van der Waals surface area contributed by atoms with Gasteiger partial charge in [-0.25, -0.2) is 0 Å². The fraction of sp³-hybridized carbons (Fsp3) is 0.455. The zero-order valence-electron chi connectivity index (χ0n) is 9.65. The molecule has 1 aliphatic rings. The van der Waals surface area contributed by atoms with Gasteiger partial charge in [-0.15, -0.1) is 11.3 Å². The molecule has 5 nitrogen and oxygen atoms in total. The molecule has 7 heteroatoms. The van der Waals surface area contributed by atoms with Gasteiger partial charge in [0.05, 0.1) is 0 Å². The van der Waals surface area contributed by atoms with Gasteiger partial charge in [-0.1, -0.05) is 18.0 Å². The minimum absolute atomic E-state index is 0.0843. The van der Waals surface area contributed by atoms with Crippen molar-refractivity contribution >= 4 is 39.0 Å². The molecular formula is C11H14BrN3O2S. The largest absolute Gasteiger partial charge is 0.409 e. The second-order valence-corrected chi connectivity index (χ2v) is 6.10. The van der Waals surface area contributed by atoms with E-state index in [9.17, 15) is 4.79 Å². The van der Waals surface area contributed by atoms with E-state index in [0.717, 1.165) is 17.3 Å². The number of hydrogen-bond acceptors (Lipinski definition) is 4. The summed E-state index contributed by atoms with van der Waals surface area (Å²) in [6.07, 6.45) is 3.33. The summed E-state index contributed by atoms with van der Waals surface area (Å²) in [6, 6.07) is 1.82. The standard InChI is InChI=1S/C11H14BrN3O2S/c12-7-3-6-18-8(7)9(16)14-11(10(13)15-17)4-1-2-5-11/h3,6,17H,1-2,4-5H2,(H2,13,15)(H,14,16). The number of oxime groups is 1. The van der Waals surface area contributed by atoms with Crippen molar-refractivity contribution in [2.45, 2.75) is 31.2 Å². The van der Waals surface area contributed by atoms with Crippen LogP contribution in [0.1, 0.15) is 35.4 Å². The van der Waals surface area contributed by atoms with E-state index in [1.54, 1.807) is 0 Å². The summed E-state index contributed by atoms with van der Waals surface area (Å²) in [5.41, 5.74) is 5.03. The summed E-state index contributed by atoms with van der Waals surface area (Å²) in [7, 11) is 0. The van der Waals surface area contributed by atoms with Crippen LogP contribution in [0.4, 0.5) is 0 Å². The number of nitrogens with two attached hydrogens (primary N) is 1. The molecule has 0 unspecified atom stereocenters. The van der Waals surface area contributed by atoms with E-state index in [-0.39, 0.29) is 11.7 Å². The predicted octanol–water partition coefficient (Wildman–Crippen LogP) is 2.30. The molecule has 4 N–H and O–H groups in total. The number of rotatable bonds is 3. The Hall–Kier alpha value is -1.08. The highest BCUT2D eigenvalue weighted by Gasteiger charge is 2.40. The van der Waals surface area contributed by atoms with E-state index in [2.05, 4.69) is 26.4 Å². The molecule has 0 atom stereocenters. The van der Waals surface area contributed by atoms with Crippen molar-refractivity contribution in [3.8, 4) is 0 Å². The zero-order valence-corrected chi connectivity index (χ0v) is 12.1. The molecule has 0 saturated heterocycles. The Bertz CT molecular complexity index is 480. The zero-order chi connectivity index (χ0) is 13.2. The van der Waals surface area contributed by atoms with E-state index in [1.165, 1.54) is 11.3 Å². The summed E-state index contributed by atoms with van der Waals surface area (Å²) in [5, 5.41) is 16.7. The monoisotopic (exact) mass is 331 g/mol. The van der Waals surface area contributed by atoms with Crippen molar-refractivity contribution in [1.29, 1.82) is 0 Å². The maximum Gasteiger partial charge on any atom is 0.263 e. The highest BCUT2D eigenvalue weighted by molar-refractivity contribution is 9.10. The molecule has 0 spiro atoms. The molecule has 1 heterocycles. The maximum atomic E-state index is 12.2. The molecule has 1 amide bonds. The Kier molecular flexibility index (Phi) is 3.91. The Labute approximate surface area is 117 Å². The van der Waals surface area contributed by atoms with Crippen LogP contribution >= 0.6 is 27.3 Å². The van der Waals surface area contributed by atoms with Crippen LogP contribution in [0.2, 0.25) is 0 Å². The van der Waals surface area contributed by atoms with Gasteiger partial charge in [0.25, 0.3) is 5.91 Å². The summed E-state index contributed by atoms with van der Waals surface area (Å²) < 4.78 is 0.762. The molecule has 2 rings (SSSR count). The van der Waals surface area contributed by atoms with E-state index in [1.807, 2.05) is 11.4 Å². The number of nitrogens with one attached hydrogen (secondary N) is 1. The van der Waals surface area contributed by atoms with Gasteiger partial charge in [0.15, 0.2) is 5.84 Å². The van der Waals surface area contributed by atoms with E-state index < -0.39 is 5.54 Å². The molecule has 1 fully saturated rings. The smallest absolute Gasteiger partial charge is 0.263 e. The van der Waals surface area contributed by atoms with Gasteiger partial charge in [0, 0.05) is 4.47 Å². The lowest BCUT2D eigenvalue weighted by Crippen LogP contribution is -2.55. The lowest BCUT2D eigenvalue weighted by molar-refractivity contribution is 0.0926. The molecule has 1 aliphatic carbocycles. The van der Waals surface area contributed by atoms with Crippen LogP contribution in [0.15, 0.2) is 21.1 Å². The topological polar surface area (TPSA) is 87.7 Å². The number of hydrogen-bond donors (Lipinski definition) is 3. The van der Waals surface area contributed by atoms with Crippen molar-refractivity contribution in [3.05, 3.63) is 20.8 Å². The molecule has 0 radical (unpaired) electrons. The molecule has 0 aliphatic heterocycles. The van der Waals surface area contributed by atoms with Crippen molar-refractivity contribution in [1.82, 2.24) is 5.32 Å². The number of amides is 1. The average molecular weight is 332 g/mol. The number of carbonyl (C=O) groups is 1. The van der Waals surface area contributed by atoms with Gasteiger partial charge < -0.3 is 16.3 Å². The first-order chi connectivity index (χ1) is 8.59. The van der Waals surface area contributed by atoms with E-state index in [0.29, 0.717) is 17.7 Å². The maximum absolute atomic E-state index is 12.2. The van der Waals surface area contributed by atoms with Gasteiger partial charge >= 0.3 is 0 Å². The van der Waals surface area contributed by atoms with E-state index in [4.69, 9.17) is 10.9 Å². The van der Waals surface area contributed by atoms with Crippen LogP contribution < -0.4 is 11.1 Å². The van der Waals surface area contributed by atoms with Crippen molar-refractivity contribution < 1.29 is 10.0 Å². The van der Waals surface area contributed by atoms with Crippen LogP contribution in [-0.4, -0.2) is 22.5 Å². The number of amidine groups is 1. The molecule has 1 aromatic rings. The van der Waals surface area contributed by atoms with Crippen LogP contribution in [0.5, 0.6) is 0 Å². The number of nitrogens with zero attached hydrogens (tertiary/aromatic N) is 1. The first-order valence-electron chi connectivity index (χ1n) is 5.62. The molecule has 98 valence electrons. The Morgan fingerprint density at radius 1 is 1.56 bits per heavy atom. The first kappa shape index (κ1) is 13.4. The third kappa shape index (κ3) is 2.37. The Morgan fingerprint density at radius 3 is 2.72 bits per heavy atom. The van der Waals surface area contributed by atoms with Gasteiger partial charge in [-0.3, -0.25) is 4.79 Å². The van der Waals surface area contributed by atoms with Crippen LogP contribution in [0.25, 0.3) is 0 Å². The van der Waals surface area contributed by atoms with Crippen LogP contribution in [-0.2, 0) is 0 Å². The second kappa shape index (κ2) is 5.27. The summed E-state index contributed by atoms with van der Waals surface area (Å²) in [4.78, 5) is 12.8. The van der Waals surface area contributed by atoms with Crippen LogP contribution in [0.3, 0.4) is 0 Å². The molecule has 1 aromatic heterocycles. The molecule has 0 aromatic carbocycles. The van der Waals surface area contributed by atoms with Crippen molar-refractivity contribution in [2.24, 2.45) is 10.9 Å². The third-order valence-corrected chi connectivity index (χ3v) is 5.07. The fourth-order valence-electron chi connectivity index (χ4n) is 2.25. The summed E-state index contributed by atoms with van der Waals surface area (Å²) in [5.74, 6) is -0.105. The van der Waals surface area contributed by atoms with Gasteiger partial charge in [0.2, 0.25) is 0 Å². The van der Waals surface area contributed by atoms with Crippen LogP contribution in [0, 0.1) is 0 Å². The SMILES string of the molecule is N/C(=N/O)C1(NC(=O)c2sccc2Br)CCCC1. The summed E-state index contributed by atoms with van der Waals surface area (Å²) >= 11 is 4.68.